The van der Waals surface area contributed by atoms with Gasteiger partial charge in [-0.1, -0.05) is 18.2 Å². The SMILES string of the molecule is COC(=O)[C@H]1Cc2c([nH]c3ccccc23)[C@H](c2ccc(OC)c(OC)c2OC)N1. The number of aromatic nitrogens is 1. The Bertz CT molecular complexity index is 1060. The van der Waals surface area contributed by atoms with Crippen LogP contribution in [0.15, 0.2) is 36.4 Å². The molecule has 7 heteroatoms. The highest BCUT2D eigenvalue weighted by Crippen LogP contribution is 2.45. The van der Waals surface area contributed by atoms with Crippen molar-refractivity contribution in [2.75, 3.05) is 28.4 Å². The van der Waals surface area contributed by atoms with Crippen molar-refractivity contribution >= 4 is 16.9 Å². The van der Waals surface area contributed by atoms with Gasteiger partial charge in [-0.25, -0.2) is 0 Å². The molecule has 3 aromatic rings. The molecule has 0 radical (unpaired) electrons. The number of esters is 1. The molecule has 0 fully saturated rings. The first-order valence-electron chi connectivity index (χ1n) is 9.35. The van der Waals surface area contributed by atoms with E-state index >= 15 is 0 Å². The summed E-state index contributed by atoms with van der Waals surface area (Å²) < 4.78 is 21.7. The molecule has 2 atom stereocenters. The normalized spacial score (nSPS) is 18.2. The van der Waals surface area contributed by atoms with Crippen LogP contribution in [0.2, 0.25) is 0 Å². The van der Waals surface area contributed by atoms with Gasteiger partial charge in [-0.3, -0.25) is 10.1 Å². The van der Waals surface area contributed by atoms with E-state index in [4.69, 9.17) is 18.9 Å². The van der Waals surface area contributed by atoms with Crippen molar-refractivity contribution < 1.29 is 23.7 Å². The monoisotopic (exact) mass is 396 g/mol. The molecule has 0 spiro atoms. The Hall–Kier alpha value is -3.19. The average Bonchev–Trinajstić information content (AvgIpc) is 3.15. The summed E-state index contributed by atoms with van der Waals surface area (Å²) in [6.45, 7) is 0. The third-order valence-corrected chi connectivity index (χ3v) is 5.44. The lowest BCUT2D eigenvalue weighted by atomic mass is 9.89. The van der Waals surface area contributed by atoms with Gasteiger partial charge in [-0.2, -0.15) is 0 Å². The average molecular weight is 396 g/mol. The molecule has 29 heavy (non-hydrogen) atoms. The van der Waals surface area contributed by atoms with Crippen molar-refractivity contribution in [2.45, 2.75) is 18.5 Å². The van der Waals surface area contributed by atoms with Crippen molar-refractivity contribution in [3.63, 3.8) is 0 Å². The van der Waals surface area contributed by atoms with Crippen molar-refractivity contribution in [2.24, 2.45) is 0 Å². The number of hydrogen-bond donors (Lipinski definition) is 2. The molecule has 152 valence electrons. The molecule has 2 N–H and O–H groups in total. The van der Waals surface area contributed by atoms with E-state index in [0.29, 0.717) is 23.7 Å². The zero-order chi connectivity index (χ0) is 20.5. The standard InChI is InChI=1S/C22H24N2O5/c1-26-17-10-9-13(20(27-2)21(17)28-3)18-19-14(11-16(24-18)22(25)29-4)12-7-5-6-8-15(12)23-19/h5-10,16,18,23-24H,11H2,1-4H3/t16-,18+/m1/s1. The molecule has 0 amide bonds. The summed E-state index contributed by atoms with van der Waals surface area (Å²) in [5.41, 5.74) is 3.95. The number of rotatable bonds is 5. The maximum atomic E-state index is 12.4. The van der Waals surface area contributed by atoms with Gasteiger partial charge in [0.25, 0.3) is 0 Å². The van der Waals surface area contributed by atoms with Crippen molar-refractivity contribution in [1.29, 1.82) is 0 Å². The first-order chi connectivity index (χ1) is 14.1. The van der Waals surface area contributed by atoms with Gasteiger partial charge in [0.15, 0.2) is 11.5 Å². The van der Waals surface area contributed by atoms with E-state index in [2.05, 4.69) is 16.4 Å². The topological polar surface area (TPSA) is 81.8 Å². The Labute approximate surface area is 168 Å². The number of methoxy groups -OCH3 is 4. The number of nitrogens with one attached hydrogen (secondary N) is 2. The van der Waals surface area contributed by atoms with E-state index in [0.717, 1.165) is 27.7 Å². The number of benzene rings is 2. The van der Waals surface area contributed by atoms with Gasteiger partial charge < -0.3 is 23.9 Å². The van der Waals surface area contributed by atoms with Gasteiger partial charge in [-0.15, -0.1) is 0 Å². The number of H-pyrrole nitrogens is 1. The lowest BCUT2D eigenvalue weighted by Crippen LogP contribution is -2.45. The molecule has 1 aliphatic heterocycles. The molecule has 0 saturated heterocycles. The maximum absolute atomic E-state index is 12.4. The largest absolute Gasteiger partial charge is 0.493 e. The molecule has 2 heterocycles. The number of hydrogen-bond acceptors (Lipinski definition) is 6. The Balaban J connectivity index is 1.93. The van der Waals surface area contributed by atoms with Gasteiger partial charge in [0.1, 0.15) is 6.04 Å². The third kappa shape index (κ3) is 3.07. The van der Waals surface area contributed by atoms with Gasteiger partial charge in [0.2, 0.25) is 5.75 Å². The predicted molar refractivity (Wildman–Crippen MR) is 109 cm³/mol. The molecule has 0 bridgehead atoms. The number of carbonyl (C=O) groups is 1. The fourth-order valence-electron chi connectivity index (χ4n) is 4.13. The number of carbonyl (C=O) groups excluding carboxylic acids is 1. The molecule has 0 aliphatic carbocycles. The Kier molecular flexibility index (Phi) is 5.07. The molecular weight excluding hydrogens is 372 g/mol. The summed E-state index contributed by atoms with van der Waals surface area (Å²) in [5, 5.41) is 4.52. The van der Waals surface area contributed by atoms with Gasteiger partial charge >= 0.3 is 5.97 Å². The van der Waals surface area contributed by atoms with Crippen LogP contribution in [0.3, 0.4) is 0 Å². The predicted octanol–water partition coefficient (Wildman–Crippen LogP) is 2.97. The van der Waals surface area contributed by atoms with Crippen molar-refractivity contribution in [3.8, 4) is 17.2 Å². The lowest BCUT2D eigenvalue weighted by molar-refractivity contribution is -0.143. The summed E-state index contributed by atoms with van der Waals surface area (Å²) in [5.74, 6) is 1.34. The zero-order valence-corrected chi connectivity index (χ0v) is 16.9. The molecular formula is C22H24N2O5. The summed E-state index contributed by atoms with van der Waals surface area (Å²) >= 11 is 0. The summed E-state index contributed by atoms with van der Waals surface area (Å²) in [7, 11) is 6.15. The van der Waals surface area contributed by atoms with E-state index in [1.807, 2.05) is 30.3 Å². The number of fused-ring (bicyclic) bond motifs is 3. The summed E-state index contributed by atoms with van der Waals surface area (Å²) in [4.78, 5) is 15.9. The van der Waals surface area contributed by atoms with Crippen LogP contribution in [0.1, 0.15) is 22.9 Å². The van der Waals surface area contributed by atoms with Crippen LogP contribution >= 0.6 is 0 Å². The van der Waals surface area contributed by atoms with Crippen molar-refractivity contribution in [1.82, 2.24) is 10.3 Å². The molecule has 1 aromatic heterocycles. The Morgan fingerprint density at radius 3 is 2.41 bits per heavy atom. The molecule has 2 aromatic carbocycles. The smallest absolute Gasteiger partial charge is 0.323 e. The van der Waals surface area contributed by atoms with Crippen LogP contribution in [0, 0.1) is 0 Å². The van der Waals surface area contributed by atoms with E-state index in [1.165, 1.54) is 7.11 Å². The maximum Gasteiger partial charge on any atom is 0.323 e. The number of para-hydroxylation sites is 1. The van der Waals surface area contributed by atoms with Crippen LogP contribution in [-0.2, 0) is 16.0 Å². The second-order valence-electron chi connectivity index (χ2n) is 6.87. The van der Waals surface area contributed by atoms with Gasteiger partial charge in [0.05, 0.1) is 34.5 Å². The highest BCUT2D eigenvalue weighted by molar-refractivity contribution is 5.87. The third-order valence-electron chi connectivity index (χ3n) is 5.44. The lowest BCUT2D eigenvalue weighted by Gasteiger charge is -2.31. The minimum Gasteiger partial charge on any atom is -0.493 e. The Morgan fingerprint density at radius 2 is 1.72 bits per heavy atom. The summed E-state index contributed by atoms with van der Waals surface area (Å²) in [6, 6.07) is 11.0. The van der Waals surface area contributed by atoms with Crippen LogP contribution in [0.4, 0.5) is 0 Å². The van der Waals surface area contributed by atoms with Gasteiger partial charge in [-0.05, 0) is 23.8 Å². The minimum atomic E-state index is -0.477. The molecule has 4 rings (SSSR count). The van der Waals surface area contributed by atoms with E-state index < -0.39 is 6.04 Å². The minimum absolute atomic E-state index is 0.301. The molecule has 0 unspecified atom stereocenters. The van der Waals surface area contributed by atoms with Crippen molar-refractivity contribution in [3.05, 3.63) is 53.2 Å². The first kappa shape index (κ1) is 19.1. The summed E-state index contributed by atoms with van der Waals surface area (Å²) in [6.07, 6.45) is 0.540. The highest BCUT2D eigenvalue weighted by Gasteiger charge is 2.36. The molecule has 0 saturated carbocycles. The fourth-order valence-corrected chi connectivity index (χ4v) is 4.13. The van der Waals surface area contributed by atoms with Crippen LogP contribution in [0.25, 0.3) is 10.9 Å². The second-order valence-corrected chi connectivity index (χ2v) is 6.87. The van der Waals surface area contributed by atoms with E-state index in [1.54, 1.807) is 21.3 Å². The van der Waals surface area contributed by atoms with E-state index in [-0.39, 0.29) is 12.0 Å². The number of ether oxygens (including phenoxy) is 4. The fraction of sp³-hybridized carbons (Fsp3) is 0.318. The highest BCUT2D eigenvalue weighted by atomic mass is 16.5. The van der Waals surface area contributed by atoms with Crippen LogP contribution in [0.5, 0.6) is 17.2 Å². The van der Waals surface area contributed by atoms with Gasteiger partial charge in [0, 0.05) is 28.6 Å². The zero-order valence-electron chi connectivity index (χ0n) is 16.9. The Morgan fingerprint density at radius 1 is 0.966 bits per heavy atom. The van der Waals surface area contributed by atoms with E-state index in [9.17, 15) is 4.79 Å². The molecule has 7 nitrogen and oxygen atoms in total. The number of aromatic amines is 1. The molecule has 1 aliphatic rings. The van der Waals surface area contributed by atoms with Crippen LogP contribution < -0.4 is 19.5 Å². The quantitative estimate of drug-likeness (QED) is 0.646. The first-order valence-corrected chi connectivity index (χ1v) is 9.35. The second kappa shape index (κ2) is 7.67. The van der Waals surface area contributed by atoms with Crippen LogP contribution in [-0.4, -0.2) is 45.4 Å².